The molecule has 0 N–H and O–H groups in total. The molecule has 0 aliphatic carbocycles. The molecule has 0 unspecified atom stereocenters. The van der Waals surface area contributed by atoms with Crippen LogP contribution < -0.4 is 59.1 Å². The molecule has 0 atom stereocenters. The Morgan fingerprint density at radius 2 is 1.17 bits per heavy atom. The Balaban J connectivity index is -0.0000000450. The molecule has 0 saturated carbocycles. The van der Waals surface area contributed by atoms with E-state index in [9.17, 15) is 0 Å². The zero-order valence-electron chi connectivity index (χ0n) is 3.72. The molecule has 0 radical (unpaired) electrons. The number of thiocarbonyl (C=S) groups is 1. The summed E-state index contributed by atoms with van der Waals surface area (Å²) in [5.74, 6) is 0. The first-order chi connectivity index (χ1) is 1.73. The Hall–Kier alpha value is 3.13. The molecular formula is CNa2SSe2. The molecule has 0 heterocycles. The van der Waals surface area contributed by atoms with Gasteiger partial charge in [-0.25, -0.2) is 0 Å². The van der Waals surface area contributed by atoms with E-state index in [4.69, 9.17) is 0 Å². The van der Waals surface area contributed by atoms with Gasteiger partial charge in [0.25, 0.3) is 0 Å². The summed E-state index contributed by atoms with van der Waals surface area (Å²) in [5, 5.41) is 0. The third-order valence-corrected chi connectivity index (χ3v) is 0. The fourth-order valence-corrected chi connectivity index (χ4v) is 0. The molecule has 0 rings (SSSR count). The van der Waals surface area contributed by atoms with Crippen molar-refractivity contribution in [2.24, 2.45) is 0 Å². The molecule has 0 aliphatic rings. The average molecular weight is 248 g/mol. The van der Waals surface area contributed by atoms with Crippen molar-refractivity contribution in [3.05, 3.63) is 0 Å². The number of rotatable bonds is 0. The van der Waals surface area contributed by atoms with Crippen molar-refractivity contribution < 1.29 is 59.1 Å². The number of hydrogen-bond donors (Lipinski definition) is 0. The van der Waals surface area contributed by atoms with Crippen LogP contribution in [0.3, 0.4) is 0 Å². The van der Waals surface area contributed by atoms with E-state index in [1.165, 1.54) is 0 Å². The molecular weight excluding hydrogens is 248 g/mol. The molecule has 0 fully saturated rings. The molecule has 0 aromatic rings. The van der Waals surface area contributed by atoms with Gasteiger partial charge >= 0.3 is 106 Å². The Labute approximate surface area is 104 Å². The first-order valence-corrected chi connectivity index (χ1v) is 2.73. The minimum Gasteiger partial charge on any atom is 1.00 e. The van der Waals surface area contributed by atoms with Crippen molar-refractivity contribution in [3.63, 3.8) is 0 Å². The Morgan fingerprint density at radius 1 is 1.17 bits per heavy atom. The molecule has 0 saturated heterocycles. The van der Waals surface area contributed by atoms with Gasteiger partial charge in [0.05, 0.1) is 0 Å². The van der Waals surface area contributed by atoms with Gasteiger partial charge in [-0.2, -0.15) is 0 Å². The maximum Gasteiger partial charge on any atom is 1.00 e. The third-order valence-electron chi connectivity index (χ3n) is 0. The van der Waals surface area contributed by atoms with Crippen LogP contribution in [0.25, 0.3) is 0 Å². The molecule has 6 heavy (non-hydrogen) atoms. The fourth-order valence-electron chi connectivity index (χ4n) is 0. The first-order valence-electron chi connectivity index (χ1n) is 0.612. The van der Waals surface area contributed by atoms with Gasteiger partial charge in [0, 0.05) is 0 Å². The molecule has 0 aromatic carbocycles. The van der Waals surface area contributed by atoms with Crippen molar-refractivity contribution in [2.45, 2.75) is 0 Å². The SMILES string of the molecule is S=C([Se-])[Se-].[Na+].[Na+]. The summed E-state index contributed by atoms with van der Waals surface area (Å²) in [6.45, 7) is 0. The molecule has 0 bridgehead atoms. The Kier molecular flexibility index (Phi) is 29.4. The van der Waals surface area contributed by atoms with Gasteiger partial charge in [-0.15, -0.1) is 0 Å². The van der Waals surface area contributed by atoms with Gasteiger partial charge < -0.3 is 0 Å². The largest absolute Gasteiger partial charge is 1.00 e. The molecule has 24 valence electrons. The molecule has 0 nitrogen and oxygen atoms in total. The van der Waals surface area contributed by atoms with Crippen LogP contribution >= 0.6 is 12.2 Å². The predicted molar refractivity (Wildman–Crippen MR) is 24.1 cm³/mol. The quantitative estimate of drug-likeness (QED) is 0.303. The summed E-state index contributed by atoms with van der Waals surface area (Å²) in [4.78, 5) is 0. The van der Waals surface area contributed by atoms with Crippen molar-refractivity contribution >= 4 is 46.9 Å². The smallest absolute Gasteiger partial charge is 1.00 e. The molecule has 0 spiro atoms. The normalized spacial score (nSPS) is 4.00. The van der Waals surface area contributed by atoms with Gasteiger partial charge in [0.1, 0.15) is 0 Å². The first kappa shape index (κ1) is 16.1. The third kappa shape index (κ3) is 27.4. The predicted octanol–water partition coefficient (Wildman–Crippen LogP) is -6.38. The van der Waals surface area contributed by atoms with Gasteiger partial charge in [0.15, 0.2) is 0 Å². The standard InChI is InChI=1S/CH2SSe2.2Na/c2-1(3)4;;/h(H2,2,3,4);;/q;2*+1/p-2. The van der Waals surface area contributed by atoms with Crippen molar-refractivity contribution in [3.8, 4) is 0 Å². The topological polar surface area (TPSA) is 0 Å². The molecule has 0 amide bonds. The van der Waals surface area contributed by atoms with Crippen molar-refractivity contribution in [1.29, 1.82) is 0 Å². The van der Waals surface area contributed by atoms with Gasteiger partial charge in [-0.1, -0.05) is 0 Å². The minimum absolute atomic E-state index is 0. The summed E-state index contributed by atoms with van der Waals surface area (Å²) in [6, 6.07) is 0. The van der Waals surface area contributed by atoms with Crippen molar-refractivity contribution in [1.82, 2.24) is 0 Å². The van der Waals surface area contributed by atoms with Crippen molar-refractivity contribution in [2.75, 3.05) is 0 Å². The average Bonchev–Trinajstić information content (AvgIpc) is 0.811. The summed E-state index contributed by atoms with van der Waals surface area (Å²) < 4.78 is 0.750. The van der Waals surface area contributed by atoms with E-state index in [1.807, 2.05) is 0 Å². The van der Waals surface area contributed by atoms with E-state index in [0.29, 0.717) is 0 Å². The second-order valence-corrected chi connectivity index (χ2v) is 4.85. The monoisotopic (exact) mass is 250 g/mol. The fraction of sp³-hybridized carbons (Fsp3) is 0. The van der Waals surface area contributed by atoms with E-state index in [2.05, 4.69) is 44.2 Å². The van der Waals surface area contributed by atoms with Crippen LogP contribution in [0.5, 0.6) is 0 Å². The van der Waals surface area contributed by atoms with Gasteiger partial charge in [-0.05, 0) is 0 Å². The summed E-state index contributed by atoms with van der Waals surface area (Å²) in [6.07, 6.45) is 0. The van der Waals surface area contributed by atoms with Crippen LogP contribution in [0.2, 0.25) is 0 Å². The Morgan fingerprint density at radius 3 is 1.17 bits per heavy atom. The van der Waals surface area contributed by atoms with E-state index < -0.39 is 0 Å². The number of hydrogen-bond acceptors (Lipinski definition) is 1. The van der Waals surface area contributed by atoms with Crippen LogP contribution in [-0.2, 0) is 0 Å². The van der Waals surface area contributed by atoms with Crippen LogP contribution in [0.4, 0.5) is 0 Å². The van der Waals surface area contributed by atoms with Crippen LogP contribution in [0.1, 0.15) is 0 Å². The summed E-state index contributed by atoms with van der Waals surface area (Å²) in [7, 11) is 0. The zero-order chi connectivity index (χ0) is 3.58. The molecule has 0 aliphatic heterocycles. The zero-order valence-corrected chi connectivity index (χ0v) is 12.0. The maximum atomic E-state index is 4.43. The van der Waals surface area contributed by atoms with E-state index in [-0.39, 0.29) is 59.1 Å². The van der Waals surface area contributed by atoms with Gasteiger partial charge in [-0.3, -0.25) is 0 Å². The summed E-state index contributed by atoms with van der Waals surface area (Å²) in [5.41, 5.74) is 0. The van der Waals surface area contributed by atoms with Crippen LogP contribution in [-0.4, -0.2) is 34.7 Å². The molecule has 5 heteroatoms. The second kappa shape index (κ2) is 11.0. The maximum absolute atomic E-state index is 4.43. The van der Waals surface area contributed by atoms with Crippen LogP contribution in [0, 0.1) is 0 Å². The van der Waals surface area contributed by atoms with Crippen LogP contribution in [0.15, 0.2) is 0 Å². The van der Waals surface area contributed by atoms with E-state index >= 15 is 0 Å². The molecule has 0 aromatic heterocycles. The van der Waals surface area contributed by atoms with E-state index in [0.717, 1.165) is 2.66 Å². The van der Waals surface area contributed by atoms with E-state index in [1.54, 1.807) is 0 Å². The second-order valence-electron chi connectivity index (χ2n) is 0.250. The minimum atomic E-state index is 0. The Bertz CT molecular complexity index is 34.5. The van der Waals surface area contributed by atoms with Gasteiger partial charge in [0.2, 0.25) is 0 Å². The summed E-state index contributed by atoms with van der Waals surface area (Å²) >= 11 is 9.58.